The van der Waals surface area contributed by atoms with Gasteiger partial charge in [0, 0.05) is 12.6 Å². The number of hydrogen-bond donors (Lipinski definition) is 1. The van der Waals surface area contributed by atoms with E-state index in [0.717, 1.165) is 19.4 Å². The van der Waals surface area contributed by atoms with Crippen molar-refractivity contribution in [2.75, 3.05) is 13.1 Å². The minimum atomic E-state index is -0.603. The molecule has 104 valence electrons. The van der Waals surface area contributed by atoms with Gasteiger partial charge in [0.25, 0.3) is 0 Å². The number of fused-ring (bicyclic) bond motifs is 1. The van der Waals surface area contributed by atoms with Crippen molar-refractivity contribution >= 4 is 0 Å². The lowest BCUT2D eigenvalue weighted by atomic mass is 9.75. The number of rotatable bonds is 1. The highest BCUT2D eigenvalue weighted by Gasteiger charge is 2.41. The Kier molecular flexibility index (Phi) is 3.40. The summed E-state index contributed by atoms with van der Waals surface area (Å²) in [5.41, 5.74) is 3.08. The number of piperidine rings is 2. The predicted octanol–water partition coefficient (Wildman–Crippen LogP) is 3.14. The minimum absolute atomic E-state index is 0.589. The highest BCUT2D eigenvalue weighted by atomic mass is 16.3. The average Bonchev–Trinajstić information content (AvgIpc) is 2.38. The molecule has 0 amide bonds. The first-order valence-corrected chi connectivity index (χ1v) is 7.63. The SMILES string of the molecule is Cc1cccc(C)c1[C@@]1(O)CCN2CCCC[C@@H]2C1. The van der Waals surface area contributed by atoms with Crippen molar-refractivity contribution in [3.8, 4) is 0 Å². The van der Waals surface area contributed by atoms with Crippen LogP contribution >= 0.6 is 0 Å². The molecule has 2 aliphatic rings. The van der Waals surface area contributed by atoms with Gasteiger partial charge in [-0.3, -0.25) is 0 Å². The van der Waals surface area contributed by atoms with Crippen molar-refractivity contribution in [3.63, 3.8) is 0 Å². The number of nitrogens with zero attached hydrogens (tertiary/aromatic N) is 1. The fourth-order valence-corrected chi connectivity index (χ4v) is 4.18. The van der Waals surface area contributed by atoms with Gasteiger partial charge in [-0.05, 0) is 62.8 Å². The third kappa shape index (κ3) is 2.32. The van der Waals surface area contributed by atoms with Gasteiger partial charge in [0.1, 0.15) is 0 Å². The van der Waals surface area contributed by atoms with Gasteiger partial charge < -0.3 is 10.0 Å². The predicted molar refractivity (Wildman–Crippen MR) is 78.3 cm³/mol. The first-order valence-electron chi connectivity index (χ1n) is 7.63. The summed E-state index contributed by atoms with van der Waals surface area (Å²) in [4.78, 5) is 2.59. The smallest absolute Gasteiger partial charge is 0.0928 e. The molecular weight excluding hydrogens is 234 g/mol. The Labute approximate surface area is 116 Å². The average molecular weight is 259 g/mol. The molecule has 2 fully saturated rings. The Bertz CT molecular complexity index is 450. The third-order valence-corrected chi connectivity index (χ3v) is 5.08. The zero-order valence-electron chi connectivity index (χ0n) is 12.2. The molecule has 3 rings (SSSR count). The second-order valence-corrected chi connectivity index (χ2v) is 6.44. The quantitative estimate of drug-likeness (QED) is 0.837. The van der Waals surface area contributed by atoms with Gasteiger partial charge in [-0.1, -0.05) is 24.6 Å². The van der Waals surface area contributed by atoms with Gasteiger partial charge in [-0.25, -0.2) is 0 Å². The zero-order valence-corrected chi connectivity index (χ0v) is 12.2. The molecule has 0 spiro atoms. The molecule has 0 radical (unpaired) electrons. The Balaban J connectivity index is 1.91. The van der Waals surface area contributed by atoms with E-state index in [1.807, 2.05) is 0 Å². The van der Waals surface area contributed by atoms with Crippen LogP contribution in [0.4, 0.5) is 0 Å². The van der Waals surface area contributed by atoms with Crippen molar-refractivity contribution < 1.29 is 5.11 Å². The van der Waals surface area contributed by atoms with Crippen LogP contribution in [0.2, 0.25) is 0 Å². The molecule has 0 aromatic heterocycles. The summed E-state index contributed by atoms with van der Waals surface area (Å²) >= 11 is 0. The lowest BCUT2D eigenvalue weighted by Gasteiger charge is -2.47. The molecule has 1 aromatic carbocycles. The van der Waals surface area contributed by atoms with E-state index in [0.29, 0.717) is 6.04 Å². The van der Waals surface area contributed by atoms with Crippen LogP contribution < -0.4 is 0 Å². The van der Waals surface area contributed by atoms with Gasteiger partial charge >= 0.3 is 0 Å². The molecule has 1 aromatic rings. The standard InChI is InChI=1S/C17H25NO/c1-13-6-5-7-14(2)16(13)17(19)9-11-18-10-4-3-8-15(18)12-17/h5-7,15,19H,3-4,8-12H2,1-2H3/t15-,17-/m1/s1. The van der Waals surface area contributed by atoms with Crippen molar-refractivity contribution in [2.45, 2.75) is 57.6 Å². The van der Waals surface area contributed by atoms with E-state index in [1.54, 1.807) is 0 Å². The van der Waals surface area contributed by atoms with Crippen LogP contribution in [0.3, 0.4) is 0 Å². The molecule has 0 bridgehead atoms. The summed E-state index contributed by atoms with van der Waals surface area (Å²) in [6.45, 7) is 6.55. The molecule has 1 N–H and O–H groups in total. The van der Waals surface area contributed by atoms with Crippen LogP contribution in [0.5, 0.6) is 0 Å². The van der Waals surface area contributed by atoms with E-state index < -0.39 is 5.60 Å². The van der Waals surface area contributed by atoms with Gasteiger partial charge in [-0.15, -0.1) is 0 Å². The molecule has 0 aliphatic carbocycles. The topological polar surface area (TPSA) is 23.5 Å². The number of aliphatic hydroxyl groups is 1. The summed E-state index contributed by atoms with van der Waals surface area (Å²) in [5.74, 6) is 0. The van der Waals surface area contributed by atoms with Crippen LogP contribution in [-0.2, 0) is 5.60 Å². The fraction of sp³-hybridized carbons (Fsp3) is 0.647. The Morgan fingerprint density at radius 1 is 1.16 bits per heavy atom. The Morgan fingerprint density at radius 2 is 1.89 bits per heavy atom. The van der Waals surface area contributed by atoms with Gasteiger partial charge in [0.15, 0.2) is 0 Å². The molecule has 2 atom stereocenters. The molecule has 0 unspecified atom stereocenters. The van der Waals surface area contributed by atoms with Gasteiger partial charge in [0.2, 0.25) is 0 Å². The largest absolute Gasteiger partial charge is 0.385 e. The molecule has 2 heterocycles. The van der Waals surface area contributed by atoms with E-state index in [9.17, 15) is 5.11 Å². The number of aryl methyl sites for hydroxylation is 2. The van der Waals surface area contributed by atoms with Crippen molar-refractivity contribution in [1.29, 1.82) is 0 Å². The second-order valence-electron chi connectivity index (χ2n) is 6.44. The summed E-state index contributed by atoms with van der Waals surface area (Å²) in [5, 5.41) is 11.2. The number of hydrogen-bond acceptors (Lipinski definition) is 2. The molecule has 2 heteroatoms. The summed E-state index contributed by atoms with van der Waals surface area (Å²) in [6, 6.07) is 6.94. The van der Waals surface area contributed by atoms with Crippen LogP contribution in [0.25, 0.3) is 0 Å². The van der Waals surface area contributed by atoms with Crippen molar-refractivity contribution in [1.82, 2.24) is 4.90 Å². The molecule has 2 saturated heterocycles. The zero-order chi connectivity index (χ0) is 13.5. The minimum Gasteiger partial charge on any atom is -0.385 e. The van der Waals surface area contributed by atoms with Crippen LogP contribution in [0.15, 0.2) is 18.2 Å². The maximum absolute atomic E-state index is 11.2. The molecule has 2 aliphatic heterocycles. The van der Waals surface area contributed by atoms with Crippen LogP contribution in [0, 0.1) is 13.8 Å². The van der Waals surface area contributed by atoms with E-state index in [1.165, 1.54) is 42.5 Å². The normalized spacial score (nSPS) is 32.1. The molecule has 2 nitrogen and oxygen atoms in total. The molecule has 0 saturated carbocycles. The fourth-order valence-electron chi connectivity index (χ4n) is 4.18. The van der Waals surface area contributed by atoms with Crippen LogP contribution in [-0.4, -0.2) is 29.1 Å². The maximum atomic E-state index is 11.2. The monoisotopic (exact) mass is 259 g/mol. The molecular formula is C17H25NO. The maximum Gasteiger partial charge on any atom is 0.0928 e. The summed E-state index contributed by atoms with van der Waals surface area (Å²) in [6.07, 6.45) is 5.71. The highest BCUT2D eigenvalue weighted by Crippen LogP contribution is 2.41. The summed E-state index contributed by atoms with van der Waals surface area (Å²) < 4.78 is 0. The first-order chi connectivity index (χ1) is 9.10. The van der Waals surface area contributed by atoms with Gasteiger partial charge in [-0.2, -0.15) is 0 Å². The van der Waals surface area contributed by atoms with Crippen molar-refractivity contribution in [3.05, 3.63) is 34.9 Å². The number of benzene rings is 1. The van der Waals surface area contributed by atoms with Gasteiger partial charge in [0.05, 0.1) is 5.60 Å². The lowest BCUT2D eigenvalue weighted by Crippen LogP contribution is -2.51. The van der Waals surface area contributed by atoms with E-state index >= 15 is 0 Å². The second kappa shape index (κ2) is 4.92. The highest BCUT2D eigenvalue weighted by molar-refractivity contribution is 5.38. The molecule has 19 heavy (non-hydrogen) atoms. The Hall–Kier alpha value is -0.860. The van der Waals surface area contributed by atoms with E-state index in [-0.39, 0.29) is 0 Å². The lowest BCUT2D eigenvalue weighted by molar-refractivity contribution is -0.0618. The Morgan fingerprint density at radius 3 is 2.63 bits per heavy atom. The van der Waals surface area contributed by atoms with E-state index in [2.05, 4.69) is 36.9 Å². The van der Waals surface area contributed by atoms with Crippen LogP contribution in [0.1, 0.15) is 48.8 Å². The van der Waals surface area contributed by atoms with E-state index in [4.69, 9.17) is 0 Å². The van der Waals surface area contributed by atoms with Crippen molar-refractivity contribution in [2.24, 2.45) is 0 Å². The first kappa shape index (κ1) is 13.1. The summed E-state index contributed by atoms with van der Waals surface area (Å²) in [7, 11) is 0. The third-order valence-electron chi connectivity index (χ3n) is 5.08.